The summed E-state index contributed by atoms with van der Waals surface area (Å²) < 4.78 is 56.1. The Balaban J connectivity index is 2.37. The fraction of sp³-hybridized carbons (Fsp3) is 0.154. The van der Waals surface area contributed by atoms with E-state index in [1.165, 1.54) is 18.4 Å². The van der Waals surface area contributed by atoms with Crippen molar-refractivity contribution in [2.45, 2.75) is 12.6 Å². The predicted molar refractivity (Wildman–Crippen MR) is 58.1 cm³/mol. The van der Waals surface area contributed by atoms with Crippen molar-refractivity contribution in [1.82, 2.24) is 0 Å². The Morgan fingerprint density at radius 1 is 1.21 bits per heavy atom. The van der Waals surface area contributed by atoms with E-state index in [0.717, 1.165) is 0 Å². The molecule has 0 aliphatic heterocycles. The molecule has 19 heavy (non-hydrogen) atoms. The Morgan fingerprint density at radius 2 is 1.95 bits per heavy atom. The molecule has 2 nitrogen and oxygen atoms in total. The molecular weight excluding hydrogens is 264 g/mol. The molecule has 0 radical (unpaired) electrons. The minimum atomic E-state index is -4.71. The maximum atomic E-state index is 13.0. The molecule has 0 amide bonds. The number of carbonyl (C=O) groups excluding carboxylic acids is 1. The monoisotopic (exact) mass is 272 g/mol. The van der Waals surface area contributed by atoms with Crippen molar-refractivity contribution in [2.24, 2.45) is 0 Å². The van der Waals surface area contributed by atoms with Gasteiger partial charge in [0.1, 0.15) is 11.6 Å². The van der Waals surface area contributed by atoms with Crippen LogP contribution < -0.4 is 0 Å². The molecule has 0 aliphatic carbocycles. The highest BCUT2D eigenvalue weighted by molar-refractivity contribution is 5.98. The summed E-state index contributed by atoms with van der Waals surface area (Å²) in [4.78, 5) is 11.8. The molecule has 0 saturated carbocycles. The van der Waals surface area contributed by atoms with E-state index in [-0.39, 0.29) is 12.2 Å². The minimum Gasteiger partial charge on any atom is -0.469 e. The lowest BCUT2D eigenvalue weighted by Gasteiger charge is -2.11. The van der Waals surface area contributed by atoms with Crippen LogP contribution in [-0.2, 0) is 12.6 Å². The van der Waals surface area contributed by atoms with Gasteiger partial charge in [-0.05, 0) is 30.3 Å². The highest BCUT2D eigenvalue weighted by Gasteiger charge is 2.35. The average molecular weight is 272 g/mol. The number of carbonyl (C=O) groups is 1. The predicted octanol–water partition coefficient (Wildman–Crippen LogP) is 3.86. The van der Waals surface area contributed by atoms with Crippen LogP contribution in [0.3, 0.4) is 0 Å². The summed E-state index contributed by atoms with van der Waals surface area (Å²) in [5.74, 6) is -1.51. The number of rotatable bonds is 3. The van der Waals surface area contributed by atoms with Gasteiger partial charge in [-0.1, -0.05) is 0 Å². The summed E-state index contributed by atoms with van der Waals surface area (Å²) in [6.07, 6.45) is -3.75. The molecule has 0 atom stereocenters. The normalized spacial score (nSPS) is 11.6. The van der Waals surface area contributed by atoms with Crippen LogP contribution in [0.2, 0.25) is 0 Å². The van der Waals surface area contributed by atoms with Crippen LogP contribution in [-0.4, -0.2) is 5.78 Å². The quantitative estimate of drug-likeness (QED) is 0.627. The van der Waals surface area contributed by atoms with Crippen LogP contribution >= 0.6 is 0 Å². The molecule has 6 heteroatoms. The standard InChI is InChI=1S/C13H8F4O2/c14-8-3-4-11(13(15,16)17)10(6-8)12(18)7-9-2-1-5-19-9/h1-6H,7H2. The van der Waals surface area contributed by atoms with E-state index < -0.39 is 28.9 Å². The fourth-order valence-electron chi connectivity index (χ4n) is 1.66. The van der Waals surface area contributed by atoms with Crippen LogP contribution in [0.15, 0.2) is 41.0 Å². The van der Waals surface area contributed by atoms with Crippen LogP contribution in [0.4, 0.5) is 17.6 Å². The van der Waals surface area contributed by atoms with E-state index in [1.807, 2.05) is 0 Å². The highest BCUT2D eigenvalue weighted by Crippen LogP contribution is 2.32. The van der Waals surface area contributed by atoms with Gasteiger partial charge >= 0.3 is 6.18 Å². The van der Waals surface area contributed by atoms with Crippen molar-refractivity contribution in [1.29, 1.82) is 0 Å². The fourth-order valence-corrected chi connectivity index (χ4v) is 1.66. The van der Waals surface area contributed by atoms with E-state index >= 15 is 0 Å². The second-order valence-electron chi connectivity index (χ2n) is 3.87. The largest absolute Gasteiger partial charge is 0.469 e. The van der Waals surface area contributed by atoms with E-state index in [2.05, 4.69) is 0 Å². The van der Waals surface area contributed by atoms with Gasteiger partial charge in [-0.2, -0.15) is 13.2 Å². The van der Waals surface area contributed by atoms with Gasteiger partial charge in [0.15, 0.2) is 5.78 Å². The molecule has 0 fully saturated rings. The van der Waals surface area contributed by atoms with Crippen LogP contribution in [0.25, 0.3) is 0 Å². The average Bonchev–Trinajstić information content (AvgIpc) is 2.80. The molecule has 0 bridgehead atoms. The minimum absolute atomic E-state index is 0.224. The summed E-state index contributed by atoms with van der Waals surface area (Å²) in [5.41, 5.74) is -1.84. The number of hydrogen-bond acceptors (Lipinski definition) is 2. The smallest absolute Gasteiger partial charge is 0.417 e. The number of ketones is 1. The molecule has 0 unspecified atom stereocenters. The van der Waals surface area contributed by atoms with Gasteiger partial charge in [-0.15, -0.1) is 0 Å². The zero-order valence-corrected chi connectivity index (χ0v) is 9.50. The maximum Gasteiger partial charge on any atom is 0.417 e. The first-order valence-corrected chi connectivity index (χ1v) is 5.30. The van der Waals surface area contributed by atoms with Crippen molar-refractivity contribution in [3.63, 3.8) is 0 Å². The van der Waals surface area contributed by atoms with Gasteiger partial charge in [-0.25, -0.2) is 4.39 Å². The van der Waals surface area contributed by atoms with Gasteiger partial charge in [0.2, 0.25) is 0 Å². The topological polar surface area (TPSA) is 30.2 Å². The molecule has 100 valence electrons. The second-order valence-corrected chi connectivity index (χ2v) is 3.87. The van der Waals surface area contributed by atoms with E-state index in [9.17, 15) is 22.4 Å². The Hall–Kier alpha value is -2.11. The number of furan rings is 1. The Labute approximate surface area is 105 Å². The zero-order chi connectivity index (χ0) is 14.0. The number of halogens is 4. The summed E-state index contributed by atoms with van der Waals surface area (Å²) in [7, 11) is 0. The molecule has 0 aliphatic rings. The Morgan fingerprint density at radius 3 is 2.53 bits per heavy atom. The van der Waals surface area contributed by atoms with Crippen molar-refractivity contribution >= 4 is 5.78 Å². The molecule has 0 saturated heterocycles. The van der Waals surface area contributed by atoms with Crippen molar-refractivity contribution in [3.8, 4) is 0 Å². The lowest BCUT2D eigenvalue weighted by atomic mass is 10.0. The Kier molecular flexibility index (Phi) is 3.42. The highest BCUT2D eigenvalue weighted by atomic mass is 19.4. The molecular formula is C13H8F4O2. The molecule has 2 aromatic rings. The van der Waals surface area contributed by atoms with Crippen LogP contribution in [0.5, 0.6) is 0 Å². The molecule has 1 aromatic heterocycles. The Bertz CT molecular complexity index is 585. The molecule has 0 N–H and O–H groups in total. The van der Waals surface area contributed by atoms with Gasteiger partial charge < -0.3 is 4.42 Å². The SMILES string of the molecule is O=C(Cc1ccco1)c1cc(F)ccc1C(F)(F)F. The van der Waals surface area contributed by atoms with E-state index in [1.54, 1.807) is 0 Å². The summed E-state index contributed by atoms with van der Waals surface area (Å²) >= 11 is 0. The molecule has 1 aromatic carbocycles. The van der Waals surface area contributed by atoms with E-state index in [0.29, 0.717) is 18.2 Å². The number of Topliss-reactive ketones (excluding diaryl/α,β-unsaturated/α-hetero) is 1. The zero-order valence-electron chi connectivity index (χ0n) is 9.50. The summed E-state index contributed by atoms with van der Waals surface area (Å²) in [6, 6.07) is 4.80. The first kappa shape index (κ1) is 13.3. The molecule has 0 spiro atoms. The van der Waals surface area contributed by atoms with Crippen LogP contribution in [0.1, 0.15) is 21.7 Å². The van der Waals surface area contributed by atoms with Crippen molar-refractivity contribution < 1.29 is 26.8 Å². The van der Waals surface area contributed by atoms with Gasteiger partial charge in [0.25, 0.3) is 0 Å². The van der Waals surface area contributed by atoms with E-state index in [4.69, 9.17) is 4.42 Å². The number of hydrogen-bond donors (Lipinski definition) is 0. The first-order valence-electron chi connectivity index (χ1n) is 5.30. The van der Waals surface area contributed by atoms with Crippen molar-refractivity contribution in [2.75, 3.05) is 0 Å². The summed E-state index contributed by atoms with van der Waals surface area (Å²) in [5, 5.41) is 0. The number of alkyl halides is 3. The third-order valence-corrected chi connectivity index (χ3v) is 2.50. The lowest BCUT2D eigenvalue weighted by molar-refractivity contribution is -0.137. The maximum absolute atomic E-state index is 13.0. The summed E-state index contributed by atoms with van der Waals surface area (Å²) in [6.45, 7) is 0. The molecule has 2 rings (SSSR count). The van der Waals surface area contributed by atoms with Crippen LogP contribution in [0, 0.1) is 5.82 Å². The first-order chi connectivity index (χ1) is 8.88. The third-order valence-electron chi connectivity index (χ3n) is 2.50. The third kappa shape index (κ3) is 3.01. The lowest BCUT2D eigenvalue weighted by Crippen LogP contribution is -2.14. The van der Waals surface area contributed by atoms with Crippen molar-refractivity contribution in [3.05, 3.63) is 59.3 Å². The van der Waals surface area contributed by atoms with Gasteiger partial charge in [0.05, 0.1) is 18.2 Å². The number of benzene rings is 1. The van der Waals surface area contributed by atoms with Gasteiger partial charge in [-0.3, -0.25) is 4.79 Å². The molecule has 1 heterocycles. The van der Waals surface area contributed by atoms with Gasteiger partial charge in [0, 0.05) is 5.56 Å². The second kappa shape index (κ2) is 4.87.